The summed E-state index contributed by atoms with van der Waals surface area (Å²) in [4.78, 5) is 24.2. The molecular weight excluding hydrogens is 412 g/mol. The number of carbonyl (C=O) groups is 1. The van der Waals surface area contributed by atoms with Crippen molar-refractivity contribution >= 4 is 32.6 Å². The lowest BCUT2D eigenvalue weighted by Gasteiger charge is -2.21. The van der Waals surface area contributed by atoms with E-state index < -0.39 is 0 Å². The van der Waals surface area contributed by atoms with Gasteiger partial charge in [0, 0.05) is 37.1 Å². The van der Waals surface area contributed by atoms with Gasteiger partial charge in [0.1, 0.15) is 11.5 Å². The summed E-state index contributed by atoms with van der Waals surface area (Å²) in [5, 5.41) is 0.682. The van der Waals surface area contributed by atoms with Crippen molar-refractivity contribution in [1.82, 2.24) is 14.5 Å². The highest BCUT2D eigenvalue weighted by molar-refractivity contribution is 7.22. The first kappa shape index (κ1) is 20.9. The van der Waals surface area contributed by atoms with E-state index in [-0.39, 0.29) is 5.91 Å². The standard InChI is InChI=1S/C23H24N4O3S/c1-16-6-4-7-20-21(16)25-23(31-20)27(10-5-9-26-11-8-24-15-26)22(28)17-12-18(29-2)14-19(13-17)30-3/h4,6-8,11-15H,5,9-10H2,1-3H3. The number of carbonyl (C=O) groups excluding carboxylic acids is 1. The van der Waals surface area contributed by atoms with Crippen LogP contribution >= 0.6 is 11.3 Å². The normalized spacial score (nSPS) is 10.9. The largest absolute Gasteiger partial charge is 0.497 e. The van der Waals surface area contributed by atoms with Gasteiger partial charge in [0.05, 0.1) is 30.8 Å². The SMILES string of the molecule is COc1cc(OC)cc(C(=O)N(CCCn2ccnc2)c2nc3c(C)cccc3s2)c1. The van der Waals surface area contributed by atoms with Crippen LogP contribution in [0.4, 0.5) is 5.13 Å². The maximum Gasteiger partial charge on any atom is 0.260 e. The van der Waals surface area contributed by atoms with Gasteiger partial charge in [0.2, 0.25) is 0 Å². The Bertz CT molecular complexity index is 1160. The highest BCUT2D eigenvalue weighted by atomic mass is 32.1. The maximum absolute atomic E-state index is 13.6. The van der Waals surface area contributed by atoms with Crippen LogP contribution in [-0.2, 0) is 6.54 Å². The summed E-state index contributed by atoms with van der Waals surface area (Å²) in [7, 11) is 3.14. The summed E-state index contributed by atoms with van der Waals surface area (Å²) in [6.45, 7) is 3.31. The molecule has 2 heterocycles. The van der Waals surface area contributed by atoms with E-state index >= 15 is 0 Å². The number of rotatable bonds is 8. The number of hydrogen-bond donors (Lipinski definition) is 0. The van der Waals surface area contributed by atoms with Gasteiger partial charge in [0.25, 0.3) is 5.91 Å². The van der Waals surface area contributed by atoms with Crippen LogP contribution in [0.15, 0.2) is 55.1 Å². The average molecular weight is 437 g/mol. The molecule has 0 unspecified atom stereocenters. The fourth-order valence-corrected chi connectivity index (χ4v) is 4.46. The average Bonchev–Trinajstić information content (AvgIpc) is 3.46. The van der Waals surface area contributed by atoms with Crippen LogP contribution in [0.1, 0.15) is 22.3 Å². The number of ether oxygens (including phenoxy) is 2. The summed E-state index contributed by atoms with van der Waals surface area (Å²) in [6.07, 6.45) is 6.21. The predicted molar refractivity (Wildman–Crippen MR) is 122 cm³/mol. The molecule has 7 nitrogen and oxygen atoms in total. The van der Waals surface area contributed by atoms with E-state index in [9.17, 15) is 4.79 Å². The van der Waals surface area contributed by atoms with Gasteiger partial charge in [-0.2, -0.15) is 0 Å². The molecule has 4 rings (SSSR count). The Hall–Kier alpha value is -3.39. The number of imidazole rings is 1. The zero-order valence-corrected chi connectivity index (χ0v) is 18.6. The summed E-state index contributed by atoms with van der Waals surface area (Å²) < 4.78 is 13.8. The van der Waals surface area contributed by atoms with Crippen LogP contribution in [0, 0.1) is 6.92 Å². The molecular formula is C23H24N4O3S. The summed E-state index contributed by atoms with van der Waals surface area (Å²) >= 11 is 1.52. The number of thiazole rings is 1. The van der Waals surface area contributed by atoms with Gasteiger partial charge in [-0.25, -0.2) is 9.97 Å². The smallest absolute Gasteiger partial charge is 0.260 e. The van der Waals surface area contributed by atoms with Crippen molar-refractivity contribution in [3.8, 4) is 11.5 Å². The number of fused-ring (bicyclic) bond motifs is 1. The Kier molecular flexibility index (Phi) is 6.18. The number of aromatic nitrogens is 3. The minimum Gasteiger partial charge on any atom is -0.497 e. The number of benzene rings is 2. The van der Waals surface area contributed by atoms with E-state index in [1.54, 1.807) is 49.8 Å². The van der Waals surface area contributed by atoms with E-state index in [0.29, 0.717) is 28.7 Å². The van der Waals surface area contributed by atoms with Crippen molar-refractivity contribution in [3.63, 3.8) is 0 Å². The summed E-state index contributed by atoms with van der Waals surface area (Å²) in [5.41, 5.74) is 2.52. The number of amides is 1. The molecule has 0 N–H and O–H groups in total. The highest BCUT2D eigenvalue weighted by Crippen LogP contribution is 2.32. The van der Waals surface area contributed by atoms with Crippen molar-refractivity contribution in [2.45, 2.75) is 19.9 Å². The molecule has 4 aromatic rings. The zero-order valence-electron chi connectivity index (χ0n) is 17.7. The van der Waals surface area contributed by atoms with Crippen molar-refractivity contribution < 1.29 is 14.3 Å². The maximum atomic E-state index is 13.6. The third kappa shape index (κ3) is 4.54. The van der Waals surface area contributed by atoms with Gasteiger partial charge >= 0.3 is 0 Å². The molecule has 0 saturated heterocycles. The quantitative estimate of drug-likeness (QED) is 0.405. The van der Waals surface area contributed by atoms with Crippen LogP contribution in [0.3, 0.4) is 0 Å². The lowest BCUT2D eigenvalue weighted by Crippen LogP contribution is -2.32. The fourth-order valence-electron chi connectivity index (χ4n) is 3.39. The number of para-hydroxylation sites is 1. The molecule has 2 aromatic heterocycles. The van der Waals surface area contributed by atoms with Crippen LogP contribution in [0.5, 0.6) is 11.5 Å². The minimum absolute atomic E-state index is 0.139. The second-order valence-electron chi connectivity index (χ2n) is 7.13. The Balaban J connectivity index is 1.68. The molecule has 0 fully saturated rings. The predicted octanol–water partition coefficient (Wildman–Crippen LogP) is 4.56. The molecule has 31 heavy (non-hydrogen) atoms. The van der Waals surface area contributed by atoms with E-state index in [1.807, 2.05) is 35.9 Å². The number of methoxy groups -OCH3 is 2. The Morgan fingerprint density at radius 2 is 1.94 bits per heavy atom. The van der Waals surface area contributed by atoms with Gasteiger partial charge < -0.3 is 14.0 Å². The van der Waals surface area contributed by atoms with Gasteiger partial charge in [-0.3, -0.25) is 9.69 Å². The molecule has 8 heteroatoms. The third-order valence-corrected chi connectivity index (χ3v) is 6.08. The van der Waals surface area contributed by atoms with Crippen molar-refractivity contribution in [2.75, 3.05) is 25.7 Å². The number of nitrogens with zero attached hydrogens (tertiary/aromatic N) is 4. The topological polar surface area (TPSA) is 69.5 Å². The second kappa shape index (κ2) is 9.18. The lowest BCUT2D eigenvalue weighted by atomic mass is 10.1. The third-order valence-electron chi connectivity index (χ3n) is 5.04. The van der Waals surface area contributed by atoms with Gasteiger partial charge in [-0.1, -0.05) is 23.5 Å². The first-order valence-corrected chi connectivity index (χ1v) is 10.8. The summed E-state index contributed by atoms with van der Waals surface area (Å²) in [5.74, 6) is 1.00. The number of anilines is 1. The molecule has 0 bridgehead atoms. The number of aryl methyl sites for hydroxylation is 2. The minimum atomic E-state index is -0.139. The second-order valence-corrected chi connectivity index (χ2v) is 8.14. The Morgan fingerprint density at radius 3 is 2.58 bits per heavy atom. The monoisotopic (exact) mass is 436 g/mol. The molecule has 1 amide bonds. The molecule has 0 saturated carbocycles. The Labute approximate surface area is 184 Å². The lowest BCUT2D eigenvalue weighted by molar-refractivity contribution is 0.0985. The molecule has 0 atom stereocenters. The first-order valence-electron chi connectivity index (χ1n) is 9.96. The van der Waals surface area contributed by atoms with Crippen LogP contribution in [0.2, 0.25) is 0 Å². The van der Waals surface area contributed by atoms with E-state index in [2.05, 4.69) is 4.98 Å². The zero-order chi connectivity index (χ0) is 21.8. The van der Waals surface area contributed by atoms with Crippen LogP contribution < -0.4 is 14.4 Å². The first-order chi connectivity index (χ1) is 15.1. The molecule has 0 aliphatic rings. The number of hydrogen-bond acceptors (Lipinski definition) is 6. The molecule has 0 aliphatic carbocycles. The fraction of sp³-hybridized carbons (Fsp3) is 0.261. The van der Waals surface area contributed by atoms with E-state index in [1.165, 1.54) is 11.3 Å². The Morgan fingerprint density at radius 1 is 1.16 bits per heavy atom. The van der Waals surface area contributed by atoms with Crippen LogP contribution in [0.25, 0.3) is 10.2 Å². The van der Waals surface area contributed by atoms with Crippen LogP contribution in [-0.4, -0.2) is 41.2 Å². The van der Waals surface area contributed by atoms with Gasteiger partial charge in [-0.15, -0.1) is 0 Å². The van der Waals surface area contributed by atoms with Crippen molar-refractivity contribution in [2.24, 2.45) is 0 Å². The molecule has 0 spiro atoms. The molecule has 0 radical (unpaired) electrons. The molecule has 0 aliphatic heterocycles. The van der Waals surface area contributed by atoms with E-state index in [4.69, 9.17) is 14.5 Å². The van der Waals surface area contributed by atoms with Crippen molar-refractivity contribution in [3.05, 3.63) is 66.2 Å². The summed E-state index contributed by atoms with van der Waals surface area (Å²) in [6, 6.07) is 11.3. The molecule has 2 aromatic carbocycles. The van der Waals surface area contributed by atoms with E-state index in [0.717, 1.165) is 28.7 Å². The van der Waals surface area contributed by atoms with Gasteiger partial charge in [-0.05, 0) is 37.1 Å². The van der Waals surface area contributed by atoms with Crippen molar-refractivity contribution in [1.29, 1.82) is 0 Å². The highest BCUT2D eigenvalue weighted by Gasteiger charge is 2.23. The molecule has 160 valence electrons. The van der Waals surface area contributed by atoms with Gasteiger partial charge in [0.15, 0.2) is 5.13 Å².